The zero-order valence-corrected chi connectivity index (χ0v) is 14.4. The number of hydrogen-bond donors (Lipinski definition) is 1. The molecule has 0 spiro atoms. The van der Waals surface area contributed by atoms with Crippen molar-refractivity contribution in [2.24, 2.45) is 18.7 Å². The van der Waals surface area contributed by atoms with Gasteiger partial charge in [-0.05, 0) is 38.5 Å². The van der Waals surface area contributed by atoms with Crippen molar-refractivity contribution in [3.05, 3.63) is 11.3 Å². The zero-order valence-electron chi connectivity index (χ0n) is 14.4. The Balaban J connectivity index is 2.28. The molecule has 0 amide bonds. The van der Waals surface area contributed by atoms with Gasteiger partial charge in [0, 0.05) is 31.7 Å². The Morgan fingerprint density at radius 3 is 2.67 bits per heavy atom. The van der Waals surface area contributed by atoms with E-state index in [4.69, 9.17) is 5.73 Å². The number of hydrogen-bond acceptors (Lipinski definition) is 3. The molecule has 1 aromatic heterocycles. The molecule has 4 heteroatoms. The predicted molar refractivity (Wildman–Crippen MR) is 89.7 cm³/mol. The minimum Gasteiger partial charge on any atom is -0.356 e. The fourth-order valence-electron chi connectivity index (χ4n) is 3.81. The van der Waals surface area contributed by atoms with Crippen LogP contribution in [0, 0.1) is 12.8 Å². The Morgan fingerprint density at radius 1 is 1.38 bits per heavy atom. The van der Waals surface area contributed by atoms with Gasteiger partial charge in [0.2, 0.25) is 0 Å². The number of aryl methyl sites for hydroxylation is 2. The average Bonchev–Trinajstić information content (AvgIpc) is 2.73. The molecule has 1 aliphatic rings. The molecule has 120 valence electrons. The minimum absolute atomic E-state index is 0.226. The van der Waals surface area contributed by atoms with Crippen LogP contribution in [-0.4, -0.2) is 28.9 Å². The summed E-state index contributed by atoms with van der Waals surface area (Å²) in [5.74, 6) is 2.03. The van der Waals surface area contributed by atoms with E-state index in [1.165, 1.54) is 37.1 Å². The lowest BCUT2D eigenvalue weighted by Crippen LogP contribution is -2.40. The van der Waals surface area contributed by atoms with E-state index in [1.807, 2.05) is 4.68 Å². The van der Waals surface area contributed by atoms with Gasteiger partial charge < -0.3 is 10.6 Å². The van der Waals surface area contributed by atoms with E-state index in [0.29, 0.717) is 6.04 Å². The monoisotopic (exact) mass is 292 g/mol. The fourth-order valence-corrected chi connectivity index (χ4v) is 3.81. The maximum absolute atomic E-state index is 6.20. The quantitative estimate of drug-likeness (QED) is 0.907. The van der Waals surface area contributed by atoms with Gasteiger partial charge >= 0.3 is 0 Å². The second kappa shape index (κ2) is 6.82. The van der Waals surface area contributed by atoms with Crippen LogP contribution in [0.5, 0.6) is 0 Å². The molecule has 1 aliphatic carbocycles. The standard InChI is InChI=1S/C17H32N4/c1-6-14(18)11-15-13(3)19-21(5)17(15)20(4)16-10-8-7-9-12(16)2/h12,14,16H,6-11,18H2,1-5H3. The van der Waals surface area contributed by atoms with Crippen LogP contribution in [0.4, 0.5) is 5.82 Å². The van der Waals surface area contributed by atoms with Crippen LogP contribution >= 0.6 is 0 Å². The summed E-state index contributed by atoms with van der Waals surface area (Å²) in [6.45, 7) is 6.66. The highest BCUT2D eigenvalue weighted by atomic mass is 15.4. The first-order chi connectivity index (χ1) is 9.95. The predicted octanol–water partition coefficient (Wildman–Crippen LogP) is 3.02. The van der Waals surface area contributed by atoms with Crippen molar-refractivity contribution in [3.8, 4) is 0 Å². The SMILES string of the molecule is CCC(N)Cc1c(C)nn(C)c1N(C)C1CCCCC1C. The van der Waals surface area contributed by atoms with Crippen molar-refractivity contribution in [2.75, 3.05) is 11.9 Å². The first kappa shape index (κ1) is 16.3. The van der Waals surface area contributed by atoms with E-state index < -0.39 is 0 Å². The second-order valence-corrected chi connectivity index (χ2v) is 6.82. The third-order valence-corrected chi connectivity index (χ3v) is 5.20. The molecule has 1 aromatic rings. The van der Waals surface area contributed by atoms with Crippen LogP contribution in [0.1, 0.15) is 57.2 Å². The first-order valence-electron chi connectivity index (χ1n) is 8.46. The molecule has 21 heavy (non-hydrogen) atoms. The zero-order chi connectivity index (χ0) is 15.6. The van der Waals surface area contributed by atoms with Crippen molar-refractivity contribution in [1.82, 2.24) is 9.78 Å². The molecule has 0 aliphatic heterocycles. The number of rotatable bonds is 5. The summed E-state index contributed by atoms with van der Waals surface area (Å²) < 4.78 is 2.05. The fraction of sp³-hybridized carbons (Fsp3) is 0.824. The van der Waals surface area contributed by atoms with Crippen LogP contribution < -0.4 is 10.6 Å². The van der Waals surface area contributed by atoms with Crippen LogP contribution in [0.2, 0.25) is 0 Å². The van der Waals surface area contributed by atoms with Gasteiger partial charge in [-0.1, -0.05) is 26.7 Å². The summed E-state index contributed by atoms with van der Waals surface area (Å²) in [4.78, 5) is 2.47. The van der Waals surface area contributed by atoms with E-state index in [2.05, 4.69) is 44.9 Å². The molecule has 0 saturated heterocycles. The molecular weight excluding hydrogens is 260 g/mol. The van der Waals surface area contributed by atoms with Gasteiger partial charge in [0.05, 0.1) is 5.69 Å². The Labute approximate surface area is 129 Å². The Hall–Kier alpha value is -1.03. The Kier molecular flexibility index (Phi) is 5.31. The Morgan fingerprint density at radius 2 is 2.05 bits per heavy atom. The molecular formula is C17H32N4. The highest BCUT2D eigenvalue weighted by molar-refractivity contribution is 5.51. The van der Waals surface area contributed by atoms with Gasteiger partial charge in [-0.15, -0.1) is 0 Å². The highest BCUT2D eigenvalue weighted by Crippen LogP contribution is 2.33. The van der Waals surface area contributed by atoms with Gasteiger partial charge in [-0.2, -0.15) is 5.10 Å². The molecule has 0 radical (unpaired) electrons. The van der Waals surface area contributed by atoms with E-state index in [1.54, 1.807) is 0 Å². The third kappa shape index (κ3) is 3.42. The number of anilines is 1. The number of aromatic nitrogens is 2. The van der Waals surface area contributed by atoms with E-state index in [0.717, 1.165) is 24.5 Å². The largest absolute Gasteiger partial charge is 0.356 e. The normalized spacial score (nSPS) is 24.1. The average molecular weight is 292 g/mol. The maximum Gasteiger partial charge on any atom is 0.130 e. The van der Waals surface area contributed by atoms with E-state index in [-0.39, 0.29) is 6.04 Å². The maximum atomic E-state index is 6.20. The minimum atomic E-state index is 0.226. The van der Waals surface area contributed by atoms with Crippen molar-refractivity contribution >= 4 is 5.82 Å². The molecule has 0 aromatic carbocycles. The van der Waals surface area contributed by atoms with Gasteiger partial charge in [-0.3, -0.25) is 4.68 Å². The molecule has 2 rings (SSSR count). The van der Waals surface area contributed by atoms with Crippen molar-refractivity contribution < 1.29 is 0 Å². The van der Waals surface area contributed by atoms with Crippen LogP contribution in [-0.2, 0) is 13.5 Å². The third-order valence-electron chi connectivity index (χ3n) is 5.20. The van der Waals surface area contributed by atoms with Gasteiger partial charge in [0.15, 0.2) is 0 Å². The molecule has 1 saturated carbocycles. The molecule has 4 nitrogen and oxygen atoms in total. The van der Waals surface area contributed by atoms with E-state index in [9.17, 15) is 0 Å². The molecule has 3 atom stereocenters. The van der Waals surface area contributed by atoms with Crippen LogP contribution in [0.15, 0.2) is 0 Å². The second-order valence-electron chi connectivity index (χ2n) is 6.82. The highest BCUT2D eigenvalue weighted by Gasteiger charge is 2.29. The van der Waals surface area contributed by atoms with Gasteiger partial charge in [0.1, 0.15) is 5.82 Å². The van der Waals surface area contributed by atoms with Crippen LogP contribution in [0.25, 0.3) is 0 Å². The van der Waals surface area contributed by atoms with Crippen molar-refractivity contribution in [2.45, 2.75) is 71.4 Å². The number of nitrogens with two attached hydrogens (primary N) is 1. The van der Waals surface area contributed by atoms with Crippen molar-refractivity contribution in [1.29, 1.82) is 0 Å². The van der Waals surface area contributed by atoms with Gasteiger partial charge in [-0.25, -0.2) is 0 Å². The Bertz CT molecular complexity index is 466. The summed E-state index contributed by atoms with van der Waals surface area (Å²) in [6.07, 6.45) is 7.30. The topological polar surface area (TPSA) is 47.1 Å². The molecule has 3 unspecified atom stereocenters. The molecule has 2 N–H and O–H groups in total. The smallest absolute Gasteiger partial charge is 0.130 e. The summed E-state index contributed by atoms with van der Waals surface area (Å²) in [5, 5.41) is 4.66. The molecule has 0 bridgehead atoms. The molecule has 1 heterocycles. The number of nitrogens with zero attached hydrogens (tertiary/aromatic N) is 3. The summed E-state index contributed by atoms with van der Waals surface area (Å²) >= 11 is 0. The lowest BCUT2D eigenvalue weighted by Gasteiger charge is -2.38. The van der Waals surface area contributed by atoms with E-state index >= 15 is 0 Å². The van der Waals surface area contributed by atoms with Crippen LogP contribution in [0.3, 0.4) is 0 Å². The summed E-state index contributed by atoms with van der Waals surface area (Å²) in [5.41, 5.74) is 8.67. The van der Waals surface area contributed by atoms with Crippen molar-refractivity contribution in [3.63, 3.8) is 0 Å². The lowest BCUT2D eigenvalue weighted by molar-refractivity contribution is 0.319. The lowest BCUT2D eigenvalue weighted by atomic mass is 9.85. The molecule has 1 fully saturated rings. The summed E-state index contributed by atoms with van der Waals surface area (Å²) in [7, 11) is 4.30. The summed E-state index contributed by atoms with van der Waals surface area (Å²) in [6, 6.07) is 0.856. The van der Waals surface area contributed by atoms with Gasteiger partial charge in [0.25, 0.3) is 0 Å². The first-order valence-corrected chi connectivity index (χ1v) is 8.46.